The summed E-state index contributed by atoms with van der Waals surface area (Å²) in [4.78, 5) is 19.3. The van der Waals surface area contributed by atoms with Gasteiger partial charge in [0.1, 0.15) is 12.1 Å². The molecule has 8 nitrogen and oxygen atoms in total. The Bertz CT molecular complexity index is 764. The first-order valence-corrected chi connectivity index (χ1v) is 9.22. The second-order valence-electron chi connectivity index (χ2n) is 7.22. The molecule has 2 N–H and O–H groups in total. The molecule has 1 aliphatic heterocycles. The van der Waals surface area contributed by atoms with E-state index >= 15 is 0 Å². The summed E-state index contributed by atoms with van der Waals surface area (Å²) in [7, 11) is 1.68. The smallest absolute Gasteiger partial charge is 0.276 e. The number of nitrogens with zero attached hydrogens (tertiary/aromatic N) is 4. The lowest BCUT2D eigenvalue weighted by Gasteiger charge is -2.23. The van der Waals surface area contributed by atoms with Gasteiger partial charge in [0.05, 0.1) is 18.7 Å². The first kappa shape index (κ1) is 17.1. The van der Waals surface area contributed by atoms with Crippen LogP contribution in [0.1, 0.15) is 54.4 Å². The molecule has 1 aliphatic carbocycles. The summed E-state index contributed by atoms with van der Waals surface area (Å²) in [5, 5.41) is 4.23. The van der Waals surface area contributed by atoms with E-state index in [0.29, 0.717) is 36.4 Å². The molecule has 2 fully saturated rings. The van der Waals surface area contributed by atoms with E-state index < -0.39 is 0 Å². The fraction of sp³-hybridized carbons (Fsp3) is 0.611. The third kappa shape index (κ3) is 3.33. The highest BCUT2D eigenvalue weighted by Crippen LogP contribution is 2.33. The Morgan fingerprint density at radius 3 is 2.92 bits per heavy atom. The van der Waals surface area contributed by atoms with Crippen LogP contribution in [0, 0.1) is 0 Å². The van der Waals surface area contributed by atoms with E-state index in [1.54, 1.807) is 17.9 Å². The number of anilines is 1. The number of oxazole rings is 1. The SMILES string of the molecule is CO[C@@H]1C[C@@H](Cn2ccc(N)n2)N(C(=O)c2coc(C3CCCC3)n2)C1. The van der Waals surface area contributed by atoms with Crippen molar-refractivity contribution in [3.8, 4) is 0 Å². The van der Waals surface area contributed by atoms with E-state index in [2.05, 4.69) is 10.1 Å². The van der Waals surface area contributed by atoms with Crippen LogP contribution in [-0.2, 0) is 11.3 Å². The molecule has 2 aromatic rings. The predicted octanol–water partition coefficient (Wildman–Crippen LogP) is 2.04. The lowest BCUT2D eigenvalue weighted by Crippen LogP contribution is -2.38. The second kappa shape index (κ2) is 7.11. The number of amides is 1. The average molecular weight is 359 g/mol. The Morgan fingerprint density at radius 1 is 1.42 bits per heavy atom. The topological polar surface area (TPSA) is 99.4 Å². The molecule has 0 bridgehead atoms. The molecule has 2 aromatic heterocycles. The maximum Gasteiger partial charge on any atom is 0.276 e. The van der Waals surface area contributed by atoms with Crippen LogP contribution in [0.2, 0.25) is 0 Å². The Hall–Kier alpha value is -2.35. The van der Waals surface area contributed by atoms with Crippen molar-refractivity contribution in [1.29, 1.82) is 0 Å². The summed E-state index contributed by atoms with van der Waals surface area (Å²) in [6, 6.07) is 1.74. The molecule has 4 rings (SSSR count). The van der Waals surface area contributed by atoms with Gasteiger partial charge < -0.3 is 19.8 Å². The number of nitrogens with two attached hydrogens (primary N) is 1. The first-order chi connectivity index (χ1) is 12.6. The third-order valence-corrected chi connectivity index (χ3v) is 5.47. The highest BCUT2D eigenvalue weighted by atomic mass is 16.5. The second-order valence-corrected chi connectivity index (χ2v) is 7.22. The molecule has 0 spiro atoms. The fourth-order valence-electron chi connectivity index (χ4n) is 4.05. The lowest BCUT2D eigenvalue weighted by molar-refractivity contribution is 0.0673. The number of aromatic nitrogens is 3. The zero-order valence-electron chi connectivity index (χ0n) is 15.0. The summed E-state index contributed by atoms with van der Waals surface area (Å²) >= 11 is 0. The van der Waals surface area contributed by atoms with Crippen molar-refractivity contribution < 1.29 is 13.9 Å². The van der Waals surface area contributed by atoms with Crippen LogP contribution in [-0.4, -0.2) is 51.4 Å². The first-order valence-electron chi connectivity index (χ1n) is 9.22. The minimum atomic E-state index is -0.109. The van der Waals surface area contributed by atoms with Gasteiger partial charge in [-0.1, -0.05) is 12.8 Å². The molecule has 0 aromatic carbocycles. The van der Waals surface area contributed by atoms with Crippen molar-refractivity contribution in [3.63, 3.8) is 0 Å². The normalized spacial score (nSPS) is 23.8. The van der Waals surface area contributed by atoms with Crippen molar-refractivity contribution >= 4 is 11.7 Å². The van der Waals surface area contributed by atoms with Crippen LogP contribution in [0.4, 0.5) is 5.82 Å². The summed E-state index contributed by atoms with van der Waals surface area (Å²) in [5.41, 5.74) is 6.08. The molecule has 1 saturated heterocycles. The molecule has 3 heterocycles. The van der Waals surface area contributed by atoms with Crippen LogP contribution in [0.15, 0.2) is 22.9 Å². The van der Waals surface area contributed by atoms with Gasteiger partial charge >= 0.3 is 0 Å². The molecule has 2 aliphatic rings. The van der Waals surface area contributed by atoms with Gasteiger partial charge in [0.15, 0.2) is 11.6 Å². The fourth-order valence-corrected chi connectivity index (χ4v) is 4.05. The van der Waals surface area contributed by atoms with E-state index in [9.17, 15) is 4.79 Å². The number of rotatable bonds is 5. The van der Waals surface area contributed by atoms with Gasteiger partial charge in [0, 0.05) is 25.8 Å². The quantitative estimate of drug-likeness (QED) is 0.877. The van der Waals surface area contributed by atoms with E-state index in [0.717, 1.165) is 19.3 Å². The molecule has 0 radical (unpaired) electrons. The molecule has 1 amide bonds. The molecule has 1 saturated carbocycles. The van der Waals surface area contributed by atoms with Crippen molar-refractivity contribution in [2.24, 2.45) is 0 Å². The van der Waals surface area contributed by atoms with E-state index in [1.165, 1.54) is 19.1 Å². The lowest BCUT2D eigenvalue weighted by atomic mass is 10.1. The number of methoxy groups -OCH3 is 1. The maximum atomic E-state index is 13.0. The number of hydrogen-bond acceptors (Lipinski definition) is 6. The maximum absolute atomic E-state index is 13.0. The highest BCUT2D eigenvalue weighted by molar-refractivity contribution is 5.92. The Kier molecular flexibility index (Phi) is 4.67. The number of carbonyl (C=O) groups excluding carboxylic acids is 1. The number of carbonyl (C=O) groups is 1. The van der Waals surface area contributed by atoms with Gasteiger partial charge in [-0.3, -0.25) is 9.48 Å². The van der Waals surface area contributed by atoms with Crippen LogP contribution >= 0.6 is 0 Å². The number of ether oxygens (including phenoxy) is 1. The zero-order chi connectivity index (χ0) is 18.1. The molecule has 140 valence electrons. The van der Waals surface area contributed by atoms with E-state index in [1.807, 2.05) is 11.1 Å². The molecule has 8 heteroatoms. The zero-order valence-corrected chi connectivity index (χ0v) is 15.0. The molecular formula is C18H25N5O3. The largest absolute Gasteiger partial charge is 0.448 e. The summed E-state index contributed by atoms with van der Waals surface area (Å²) in [6.07, 6.45) is 8.68. The molecule has 2 atom stereocenters. The van der Waals surface area contributed by atoms with Crippen molar-refractivity contribution in [2.45, 2.75) is 56.7 Å². The number of likely N-dealkylation sites (tertiary alicyclic amines) is 1. The van der Waals surface area contributed by atoms with Gasteiger partial charge in [0.25, 0.3) is 5.91 Å². The number of nitrogen functional groups attached to an aromatic ring is 1. The van der Waals surface area contributed by atoms with Crippen molar-refractivity contribution in [1.82, 2.24) is 19.7 Å². The Morgan fingerprint density at radius 2 is 2.23 bits per heavy atom. The highest BCUT2D eigenvalue weighted by Gasteiger charge is 2.37. The summed E-state index contributed by atoms with van der Waals surface area (Å²) < 4.78 is 12.9. The van der Waals surface area contributed by atoms with Gasteiger partial charge in [-0.2, -0.15) is 5.10 Å². The summed E-state index contributed by atoms with van der Waals surface area (Å²) in [6.45, 7) is 1.12. The van der Waals surface area contributed by atoms with Gasteiger partial charge in [-0.05, 0) is 25.3 Å². The van der Waals surface area contributed by atoms with E-state index in [-0.39, 0.29) is 18.1 Å². The molecule has 26 heavy (non-hydrogen) atoms. The van der Waals surface area contributed by atoms with Gasteiger partial charge in [-0.25, -0.2) is 4.98 Å². The van der Waals surface area contributed by atoms with Gasteiger partial charge in [0.2, 0.25) is 0 Å². The monoisotopic (exact) mass is 359 g/mol. The molecule has 0 unspecified atom stereocenters. The van der Waals surface area contributed by atoms with Crippen LogP contribution in [0.25, 0.3) is 0 Å². The van der Waals surface area contributed by atoms with Crippen LogP contribution < -0.4 is 5.73 Å². The number of hydrogen-bond donors (Lipinski definition) is 1. The molecular weight excluding hydrogens is 334 g/mol. The minimum Gasteiger partial charge on any atom is -0.448 e. The third-order valence-electron chi connectivity index (χ3n) is 5.47. The van der Waals surface area contributed by atoms with Crippen LogP contribution in [0.5, 0.6) is 0 Å². The predicted molar refractivity (Wildman–Crippen MR) is 94.6 cm³/mol. The van der Waals surface area contributed by atoms with E-state index in [4.69, 9.17) is 14.9 Å². The standard InChI is InChI=1S/C18H25N5O3/c1-25-14-8-13(9-22-7-6-16(19)21-22)23(10-14)18(24)15-11-26-17(20-15)12-4-2-3-5-12/h6-7,11-14H,2-5,8-10H2,1H3,(H2,19,21)/t13-,14+/m0/s1. The Balaban J connectivity index is 1.50. The van der Waals surface area contributed by atoms with Gasteiger partial charge in [-0.15, -0.1) is 0 Å². The Labute approximate surface area is 152 Å². The van der Waals surface area contributed by atoms with Crippen molar-refractivity contribution in [3.05, 3.63) is 30.1 Å². The van der Waals surface area contributed by atoms with Crippen LogP contribution in [0.3, 0.4) is 0 Å². The van der Waals surface area contributed by atoms with Crippen molar-refractivity contribution in [2.75, 3.05) is 19.4 Å². The summed E-state index contributed by atoms with van der Waals surface area (Å²) in [5.74, 6) is 1.42. The minimum absolute atomic E-state index is 0.0121. The average Bonchev–Trinajstić information content (AvgIpc) is 3.41.